The first kappa shape index (κ1) is 13.5. The van der Waals surface area contributed by atoms with Crippen molar-refractivity contribution in [2.45, 2.75) is 18.9 Å². The Morgan fingerprint density at radius 1 is 1.39 bits per heavy atom. The maximum atomic E-state index is 12.1. The Labute approximate surface area is 122 Å². The lowest BCUT2D eigenvalue weighted by molar-refractivity contribution is -0.124. The van der Waals surface area contributed by atoms with Crippen molar-refractivity contribution in [3.8, 4) is 0 Å². The Morgan fingerprint density at radius 2 is 2.17 bits per heavy atom. The third kappa shape index (κ3) is 3.11. The van der Waals surface area contributed by atoms with Gasteiger partial charge in [0.05, 0.1) is 5.56 Å². The summed E-state index contributed by atoms with van der Waals surface area (Å²) in [5.74, 6) is -0.356. The molecule has 2 rings (SSSR count). The van der Waals surface area contributed by atoms with Crippen molar-refractivity contribution < 1.29 is 9.59 Å². The van der Waals surface area contributed by atoms with Gasteiger partial charge in [-0.15, -0.1) is 0 Å². The molecule has 1 fully saturated rings. The zero-order chi connectivity index (χ0) is 13.1. The summed E-state index contributed by atoms with van der Waals surface area (Å²) in [5, 5.41) is 5.49. The molecule has 1 aromatic rings. The number of nitrogens with one attached hydrogen (secondary N) is 2. The van der Waals surface area contributed by atoms with Crippen molar-refractivity contribution in [2.75, 3.05) is 6.54 Å². The standard InChI is InChI=1S/C12H12Br2N2O2/c13-7-3-4-9(14)8(6-7)11(17)16-10-2-1-5-15-12(10)18/h3-4,6,10H,1-2,5H2,(H,15,18)(H,16,17). The molecule has 1 aliphatic heterocycles. The number of halogens is 2. The van der Waals surface area contributed by atoms with E-state index < -0.39 is 6.04 Å². The van der Waals surface area contributed by atoms with Crippen LogP contribution in [-0.2, 0) is 4.79 Å². The van der Waals surface area contributed by atoms with Crippen LogP contribution in [0.25, 0.3) is 0 Å². The van der Waals surface area contributed by atoms with Crippen molar-refractivity contribution in [3.63, 3.8) is 0 Å². The SMILES string of the molecule is O=C(NC1CCCNC1=O)c1cc(Br)ccc1Br. The van der Waals surface area contributed by atoms with Crippen LogP contribution < -0.4 is 10.6 Å². The maximum Gasteiger partial charge on any atom is 0.253 e. The van der Waals surface area contributed by atoms with Crippen LogP contribution in [0.1, 0.15) is 23.2 Å². The molecular formula is C12H12Br2N2O2. The predicted molar refractivity (Wildman–Crippen MR) is 75.3 cm³/mol. The molecule has 0 bridgehead atoms. The first-order chi connectivity index (χ1) is 8.58. The average molecular weight is 376 g/mol. The fraction of sp³-hybridized carbons (Fsp3) is 0.333. The van der Waals surface area contributed by atoms with Crippen molar-refractivity contribution in [2.24, 2.45) is 0 Å². The van der Waals surface area contributed by atoms with Crippen LogP contribution in [0.2, 0.25) is 0 Å². The van der Waals surface area contributed by atoms with Gasteiger partial charge in [0, 0.05) is 15.5 Å². The second-order valence-electron chi connectivity index (χ2n) is 4.08. The second-order valence-corrected chi connectivity index (χ2v) is 5.85. The summed E-state index contributed by atoms with van der Waals surface area (Å²) in [6.45, 7) is 0.686. The summed E-state index contributed by atoms with van der Waals surface area (Å²) in [5.41, 5.74) is 0.516. The molecule has 1 aliphatic rings. The smallest absolute Gasteiger partial charge is 0.253 e. The van der Waals surface area contributed by atoms with Crippen molar-refractivity contribution in [3.05, 3.63) is 32.7 Å². The molecule has 1 atom stereocenters. The van der Waals surface area contributed by atoms with E-state index >= 15 is 0 Å². The summed E-state index contributed by atoms with van der Waals surface area (Å²) in [6.07, 6.45) is 1.57. The van der Waals surface area contributed by atoms with E-state index in [2.05, 4.69) is 42.5 Å². The molecule has 1 saturated heterocycles. The maximum absolute atomic E-state index is 12.1. The fourth-order valence-electron chi connectivity index (χ4n) is 1.82. The highest BCUT2D eigenvalue weighted by Gasteiger charge is 2.24. The van der Waals surface area contributed by atoms with Crippen LogP contribution in [0.15, 0.2) is 27.1 Å². The van der Waals surface area contributed by atoms with Gasteiger partial charge in [0.2, 0.25) is 5.91 Å². The minimum atomic E-state index is -0.433. The topological polar surface area (TPSA) is 58.2 Å². The molecule has 0 spiro atoms. The van der Waals surface area contributed by atoms with E-state index in [1.54, 1.807) is 12.1 Å². The van der Waals surface area contributed by atoms with E-state index in [9.17, 15) is 9.59 Å². The third-order valence-corrected chi connectivity index (χ3v) is 3.95. The Kier molecular flexibility index (Phi) is 4.40. The summed E-state index contributed by atoms with van der Waals surface area (Å²) < 4.78 is 1.53. The summed E-state index contributed by atoms with van der Waals surface area (Å²) in [4.78, 5) is 23.7. The zero-order valence-electron chi connectivity index (χ0n) is 9.50. The van der Waals surface area contributed by atoms with E-state index in [1.807, 2.05) is 6.07 Å². The van der Waals surface area contributed by atoms with Gasteiger partial charge in [0.25, 0.3) is 5.91 Å². The Morgan fingerprint density at radius 3 is 2.89 bits per heavy atom. The molecule has 96 valence electrons. The molecule has 1 unspecified atom stereocenters. The first-order valence-corrected chi connectivity index (χ1v) is 7.20. The third-order valence-electron chi connectivity index (χ3n) is 2.76. The molecular weight excluding hydrogens is 364 g/mol. The molecule has 2 N–H and O–H groups in total. The van der Waals surface area contributed by atoms with Crippen molar-refractivity contribution >= 4 is 43.7 Å². The minimum absolute atomic E-state index is 0.110. The van der Waals surface area contributed by atoms with Crippen LogP contribution in [-0.4, -0.2) is 24.4 Å². The monoisotopic (exact) mass is 374 g/mol. The molecule has 0 aromatic heterocycles. The van der Waals surface area contributed by atoms with Gasteiger partial charge in [0.15, 0.2) is 0 Å². The number of hydrogen-bond acceptors (Lipinski definition) is 2. The highest BCUT2D eigenvalue weighted by molar-refractivity contribution is 9.11. The quantitative estimate of drug-likeness (QED) is 0.832. The predicted octanol–water partition coefficient (Wildman–Crippen LogP) is 2.22. The highest BCUT2D eigenvalue weighted by atomic mass is 79.9. The van der Waals surface area contributed by atoms with Gasteiger partial charge >= 0.3 is 0 Å². The normalized spacial score (nSPS) is 19.2. The number of carbonyl (C=O) groups excluding carboxylic acids is 2. The van der Waals surface area contributed by atoms with Gasteiger partial charge in [-0.3, -0.25) is 9.59 Å². The zero-order valence-corrected chi connectivity index (χ0v) is 12.7. The Bertz CT molecular complexity index is 491. The van der Waals surface area contributed by atoms with Gasteiger partial charge in [-0.25, -0.2) is 0 Å². The van der Waals surface area contributed by atoms with Gasteiger partial charge in [-0.2, -0.15) is 0 Å². The van der Waals surface area contributed by atoms with Crippen LogP contribution in [0.4, 0.5) is 0 Å². The minimum Gasteiger partial charge on any atom is -0.354 e. The lowest BCUT2D eigenvalue weighted by atomic mass is 10.1. The fourth-order valence-corrected chi connectivity index (χ4v) is 2.61. The molecule has 18 heavy (non-hydrogen) atoms. The summed E-state index contributed by atoms with van der Waals surface area (Å²) in [6, 6.07) is 4.92. The molecule has 1 heterocycles. The first-order valence-electron chi connectivity index (χ1n) is 5.61. The van der Waals surface area contributed by atoms with Crippen LogP contribution in [0.3, 0.4) is 0 Å². The summed E-state index contributed by atoms with van der Waals surface area (Å²) >= 11 is 6.65. The lowest BCUT2D eigenvalue weighted by Crippen LogP contribution is -2.50. The molecule has 0 aliphatic carbocycles. The number of hydrogen-bond donors (Lipinski definition) is 2. The van der Waals surface area contributed by atoms with E-state index in [0.29, 0.717) is 23.0 Å². The summed E-state index contributed by atoms with van der Waals surface area (Å²) in [7, 11) is 0. The van der Waals surface area contributed by atoms with Crippen LogP contribution in [0, 0.1) is 0 Å². The second kappa shape index (κ2) is 5.84. The lowest BCUT2D eigenvalue weighted by Gasteiger charge is -2.23. The van der Waals surface area contributed by atoms with Crippen LogP contribution >= 0.6 is 31.9 Å². The van der Waals surface area contributed by atoms with Crippen molar-refractivity contribution in [1.82, 2.24) is 10.6 Å². The number of rotatable bonds is 2. The molecule has 2 amide bonds. The van der Waals surface area contributed by atoms with E-state index in [4.69, 9.17) is 0 Å². The number of benzene rings is 1. The van der Waals surface area contributed by atoms with Crippen molar-refractivity contribution in [1.29, 1.82) is 0 Å². The average Bonchev–Trinajstić information content (AvgIpc) is 2.35. The Hall–Kier alpha value is -0.880. The molecule has 0 radical (unpaired) electrons. The largest absolute Gasteiger partial charge is 0.354 e. The number of carbonyl (C=O) groups is 2. The van der Waals surface area contributed by atoms with E-state index in [0.717, 1.165) is 10.9 Å². The van der Waals surface area contributed by atoms with Gasteiger partial charge in [-0.1, -0.05) is 15.9 Å². The highest BCUT2D eigenvalue weighted by Crippen LogP contribution is 2.21. The van der Waals surface area contributed by atoms with E-state index in [-0.39, 0.29) is 11.8 Å². The molecule has 6 heteroatoms. The number of piperidine rings is 1. The molecule has 1 aromatic carbocycles. The van der Waals surface area contributed by atoms with Gasteiger partial charge in [-0.05, 0) is 47.0 Å². The molecule has 4 nitrogen and oxygen atoms in total. The number of amides is 2. The molecule has 0 saturated carbocycles. The van der Waals surface area contributed by atoms with Gasteiger partial charge < -0.3 is 10.6 Å². The Balaban J connectivity index is 2.11. The van der Waals surface area contributed by atoms with Gasteiger partial charge in [0.1, 0.15) is 6.04 Å². The van der Waals surface area contributed by atoms with Crippen LogP contribution in [0.5, 0.6) is 0 Å². The van der Waals surface area contributed by atoms with E-state index in [1.165, 1.54) is 0 Å².